The highest BCUT2D eigenvalue weighted by Crippen LogP contribution is 2.42. The van der Waals surface area contributed by atoms with Crippen LogP contribution in [0, 0.1) is 13.8 Å². The van der Waals surface area contributed by atoms with Gasteiger partial charge in [-0.2, -0.15) is 0 Å². The Balaban J connectivity index is 1.86. The summed E-state index contributed by atoms with van der Waals surface area (Å²) in [6.45, 7) is 7.79. The van der Waals surface area contributed by atoms with E-state index in [1.165, 1.54) is 0 Å². The van der Waals surface area contributed by atoms with E-state index in [9.17, 15) is 13.2 Å². The molecule has 0 fully saturated rings. The fourth-order valence-corrected chi connectivity index (χ4v) is 4.93. The Morgan fingerprint density at radius 1 is 1.13 bits per heavy atom. The number of rotatable bonds is 7. The number of amides is 1. The van der Waals surface area contributed by atoms with Gasteiger partial charge in [0.15, 0.2) is 0 Å². The number of nitrogens with zero attached hydrogens (tertiary/aromatic N) is 1. The minimum absolute atomic E-state index is 0.237. The fraction of sp³-hybridized carbons (Fsp3) is 0.458. The molecule has 0 spiro atoms. The largest absolute Gasteiger partial charge is 0.487 e. The topological polar surface area (TPSA) is 75.7 Å². The number of benzene rings is 2. The average Bonchev–Trinajstić information content (AvgIpc) is 2.73. The zero-order valence-electron chi connectivity index (χ0n) is 18.9. The summed E-state index contributed by atoms with van der Waals surface area (Å²) < 4.78 is 32.4. The number of hydrogen-bond acceptors (Lipinski definition) is 4. The van der Waals surface area contributed by atoms with Crippen LogP contribution >= 0.6 is 0 Å². The number of para-hydroxylation sites is 1. The second-order valence-corrected chi connectivity index (χ2v) is 10.3. The van der Waals surface area contributed by atoms with Crippen LogP contribution in [-0.4, -0.2) is 32.7 Å². The van der Waals surface area contributed by atoms with Gasteiger partial charge in [-0.3, -0.25) is 9.10 Å². The van der Waals surface area contributed by atoms with Crippen molar-refractivity contribution in [1.82, 2.24) is 5.32 Å². The standard InChI is InChI=1S/C24H32N2O4S/c1-6-24(7-2)15-21(20-10-8-9-11-22(20)30-24)25-23(27)16-26(31(5,28)29)19-13-12-17(3)18(4)14-19/h8-14,21H,6-7,15-16H2,1-5H3,(H,25,27)/t21-/m1/s1. The van der Waals surface area contributed by atoms with E-state index in [1.54, 1.807) is 12.1 Å². The Morgan fingerprint density at radius 3 is 2.42 bits per heavy atom. The van der Waals surface area contributed by atoms with E-state index in [2.05, 4.69) is 19.2 Å². The van der Waals surface area contributed by atoms with E-state index in [4.69, 9.17) is 4.74 Å². The molecule has 1 amide bonds. The van der Waals surface area contributed by atoms with Crippen molar-refractivity contribution in [2.24, 2.45) is 0 Å². The molecule has 2 aromatic carbocycles. The van der Waals surface area contributed by atoms with Crippen molar-refractivity contribution in [3.05, 3.63) is 59.2 Å². The van der Waals surface area contributed by atoms with Crippen LogP contribution in [0.15, 0.2) is 42.5 Å². The molecule has 168 valence electrons. The average molecular weight is 445 g/mol. The van der Waals surface area contributed by atoms with E-state index in [1.807, 2.05) is 44.2 Å². The summed E-state index contributed by atoms with van der Waals surface area (Å²) in [6.07, 6.45) is 3.41. The second-order valence-electron chi connectivity index (χ2n) is 8.39. The molecule has 0 saturated carbocycles. The molecular weight excluding hydrogens is 412 g/mol. The summed E-state index contributed by atoms with van der Waals surface area (Å²) >= 11 is 0. The predicted octanol–water partition coefficient (Wildman–Crippen LogP) is 4.27. The molecule has 0 radical (unpaired) electrons. The number of nitrogens with one attached hydrogen (secondary N) is 1. The number of hydrogen-bond donors (Lipinski definition) is 1. The van der Waals surface area contributed by atoms with Crippen LogP contribution in [0.3, 0.4) is 0 Å². The van der Waals surface area contributed by atoms with Gasteiger partial charge in [0.1, 0.15) is 17.9 Å². The lowest BCUT2D eigenvalue weighted by atomic mass is 9.83. The summed E-state index contributed by atoms with van der Waals surface area (Å²) in [7, 11) is -3.63. The quantitative estimate of drug-likeness (QED) is 0.692. The molecule has 6 nitrogen and oxygen atoms in total. The molecule has 2 aromatic rings. The zero-order valence-corrected chi connectivity index (χ0v) is 19.8. The van der Waals surface area contributed by atoms with Crippen molar-refractivity contribution in [3.8, 4) is 5.75 Å². The van der Waals surface area contributed by atoms with Gasteiger partial charge in [-0.05, 0) is 56.0 Å². The Kier molecular flexibility index (Phi) is 6.65. The Hall–Kier alpha value is -2.54. The van der Waals surface area contributed by atoms with E-state index in [-0.39, 0.29) is 24.1 Å². The van der Waals surface area contributed by atoms with Gasteiger partial charge < -0.3 is 10.1 Å². The van der Waals surface area contributed by atoms with E-state index in [0.29, 0.717) is 12.1 Å². The molecule has 1 atom stereocenters. The molecule has 0 bridgehead atoms. The zero-order chi connectivity index (χ0) is 22.8. The summed E-state index contributed by atoms with van der Waals surface area (Å²) in [4.78, 5) is 13.0. The molecule has 3 rings (SSSR count). The Morgan fingerprint density at radius 2 is 1.81 bits per heavy atom. The molecule has 1 aliphatic heterocycles. The first-order valence-corrected chi connectivity index (χ1v) is 12.6. The maximum atomic E-state index is 13.0. The number of anilines is 1. The monoisotopic (exact) mass is 444 g/mol. The van der Waals surface area contributed by atoms with Crippen LogP contribution in [0.1, 0.15) is 55.8 Å². The number of sulfonamides is 1. The summed E-state index contributed by atoms with van der Waals surface area (Å²) in [6, 6.07) is 12.9. The van der Waals surface area contributed by atoms with Crippen LogP contribution in [0.4, 0.5) is 5.69 Å². The molecule has 0 aliphatic carbocycles. The molecule has 1 aliphatic rings. The highest BCUT2D eigenvalue weighted by molar-refractivity contribution is 7.92. The highest BCUT2D eigenvalue weighted by Gasteiger charge is 2.39. The summed E-state index contributed by atoms with van der Waals surface area (Å²) in [5.41, 5.74) is 3.10. The Bertz CT molecular complexity index is 1060. The third-order valence-corrected chi connectivity index (χ3v) is 7.43. The molecule has 0 saturated heterocycles. The van der Waals surface area contributed by atoms with Crippen LogP contribution < -0.4 is 14.4 Å². The van der Waals surface area contributed by atoms with Gasteiger partial charge in [-0.25, -0.2) is 8.42 Å². The lowest BCUT2D eigenvalue weighted by Crippen LogP contribution is -2.47. The number of aryl methyl sites for hydroxylation is 2. The van der Waals surface area contributed by atoms with Gasteiger partial charge in [0.25, 0.3) is 0 Å². The maximum Gasteiger partial charge on any atom is 0.241 e. The van der Waals surface area contributed by atoms with Crippen LogP contribution in [0.5, 0.6) is 5.75 Å². The van der Waals surface area contributed by atoms with Crippen molar-refractivity contribution in [2.45, 2.75) is 58.6 Å². The molecule has 31 heavy (non-hydrogen) atoms. The van der Waals surface area contributed by atoms with Crippen molar-refractivity contribution in [2.75, 3.05) is 17.1 Å². The van der Waals surface area contributed by atoms with Crippen LogP contribution in [-0.2, 0) is 14.8 Å². The lowest BCUT2D eigenvalue weighted by molar-refractivity contribution is -0.121. The van der Waals surface area contributed by atoms with E-state index < -0.39 is 10.0 Å². The molecular formula is C24H32N2O4S. The van der Waals surface area contributed by atoms with Gasteiger partial charge in [-0.15, -0.1) is 0 Å². The third kappa shape index (κ3) is 5.03. The first kappa shape index (κ1) is 23.1. The van der Waals surface area contributed by atoms with Crippen molar-refractivity contribution in [3.63, 3.8) is 0 Å². The first-order chi connectivity index (χ1) is 14.6. The van der Waals surface area contributed by atoms with Gasteiger partial charge in [0.05, 0.1) is 18.0 Å². The van der Waals surface area contributed by atoms with Crippen LogP contribution in [0.25, 0.3) is 0 Å². The minimum Gasteiger partial charge on any atom is -0.487 e. The smallest absolute Gasteiger partial charge is 0.241 e. The fourth-order valence-electron chi connectivity index (χ4n) is 4.08. The van der Waals surface area contributed by atoms with Gasteiger partial charge >= 0.3 is 0 Å². The van der Waals surface area contributed by atoms with Gasteiger partial charge in [0, 0.05) is 12.0 Å². The van der Waals surface area contributed by atoms with E-state index in [0.717, 1.165) is 45.8 Å². The predicted molar refractivity (Wildman–Crippen MR) is 124 cm³/mol. The minimum atomic E-state index is -3.63. The number of fused-ring (bicyclic) bond motifs is 1. The van der Waals surface area contributed by atoms with Crippen LogP contribution in [0.2, 0.25) is 0 Å². The molecule has 1 heterocycles. The second kappa shape index (κ2) is 8.91. The molecule has 0 unspecified atom stereocenters. The molecule has 1 N–H and O–H groups in total. The summed E-state index contributed by atoms with van der Waals surface area (Å²) in [5.74, 6) is 0.434. The number of carbonyl (C=O) groups excluding carboxylic acids is 1. The first-order valence-electron chi connectivity index (χ1n) is 10.7. The third-order valence-electron chi connectivity index (χ3n) is 6.29. The van der Waals surface area contributed by atoms with Gasteiger partial charge in [-0.1, -0.05) is 38.1 Å². The normalized spacial score (nSPS) is 17.4. The lowest BCUT2D eigenvalue weighted by Gasteiger charge is -2.41. The van der Waals surface area contributed by atoms with Gasteiger partial charge in [0.2, 0.25) is 15.9 Å². The van der Waals surface area contributed by atoms with Crippen molar-refractivity contribution >= 4 is 21.6 Å². The number of ether oxygens (including phenoxy) is 1. The van der Waals surface area contributed by atoms with Crippen molar-refractivity contribution < 1.29 is 17.9 Å². The Labute approximate surface area is 185 Å². The maximum absolute atomic E-state index is 13.0. The van der Waals surface area contributed by atoms with Crippen molar-refractivity contribution in [1.29, 1.82) is 0 Å². The molecule has 7 heteroatoms. The number of carbonyl (C=O) groups is 1. The van der Waals surface area contributed by atoms with E-state index >= 15 is 0 Å². The summed E-state index contributed by atoms with van der Waals surface area (Å²) in [5, 5.41) is 3.07. The SMILES string of the molecule is CCC1(CC)C[C@@H](NC(=O)CN(c2ccc(C)c(C)c2)S(C)(=O)=O)c2ccccc2O1. The molecule has 0 aromatic heterocycles. The highest BCUT2D eigenvalue weighted by atomic mass is 32.2.